The second kappa shape index (κ2) is 9.41. The minimum Gasteiger partial charge on any atom is -0.487 e. The van der Waals surface area contributed by atoms with Gasteiger partial charge in [0.2, 0.25) is 16.4 Å². The number of ether oxygens (including phenoxy) is 1. The molecular formula is C22H27F4N5O3S. The van der Waals surface area contributed by atoms with Crippen molar-refractivity contribution in [2.75, 3.05) is 36.5 Å². The average Bonchev–Trinajstić information content (AvgIpc) is 2.75. The number of nitrogens with two attached hydrogens (primary N) is 1. The predicted molar refractivity (Wildman–Crippen MR) is 122 cm³/mol. The molecule has 192 valence electrons. The molecule has 2 N–H and O–H groups in total. The predicted octanol–water partition coefficient (Wildman–Crippen LogP) is 3.07. The third-order valence-electron chi connectivity index (χ3n) is 6.47. The molecule has 0 aliphatic carbocycles. The fourth-order valence-electron chi connectivity index (χ4n) is 4.85. The van der Waals surface area contributed by atoms with Crippen molar-refractivity contribution in [2.24, 2.45) is 0 Å². The molecule has 0 amide bonds. The number of piperidine rings is 1. The molecule has 1 aromatic heterocycles. The maximum absolute atomic E-state index is 13.9. The molecule has 0 saturated carbocycles. The van der Waals surface area contributed by atoms with Gasteiger partial charge in [-0.15, -0.1) is 0 Å². The summed E-state index contributed by atoms with van der Waals surface area (Å²) in [4.78, 5) is 10.9. The molecule has 0 bridgehead atoms. The Bertz CT molecular complexity index is 1210. The summed E-state index contributed by atoms with van der Waals surface area (Å²) in [5.74, 6) is -1.07. The summed E-state index contributed by atoms with van der Waals surface area (Å²) in [5, 5.41) is 0. The molecule has 1 atom stereocenters. The van der Waals surface area contributed by atoms with Crippen LogP contribution in [0.25, 0.3) is 0 Å². The van der Waals surface area contributed by atoms with Crippen LogP contribution in [0.3, 0.4) is 0 Å². The highest BCUT2D eigenvalue weighted by Crippen LogP contribution is 2.41. The van der Waals surface area contributed by atoms with E-state index < -0.39 is 40.0 Å². The van der Waals surface area contributed by atoms with Crippen molar-refractivity contribution >= 4 is 21.7 Å². The van der Waals surface area contributed by atoms with Gasteiger partial charge in [-0.1, -0.05) is 0 Å². The molecule has 0 spiro atoms. The molecule has 1 unspecified atom stereocenters. The maximum Gasteiger partial charge on any atom is 0.240 e. The zero-order valence-electron chi connectivity index (χ0n) is 19.3. The average molecular weight is 518 g/mol. The maximum atomic E-state index is 13.9. The summed E-state index contributed by atoms with van der Waals surface area (Å²) in [6.07, 6.45) is -1.57. The molecule has 2 aromatic rings. The largest absolute Gasteiger partial charge is 0.487 e. The van der Waals surface area contributed by atoms with E-state index in [-0.39, 0.29) is 36.3 Å². The van der Waals surface area contributed by atoms with E-state index in [1.54, 1.807) is 0 Å². The number of sulfonamides is 1. The molecule has 0 radical (unpaired) electrons. The zero-order valence-corrected chi connectivity index (χ0v) is 20.2. The van der Waals surface area contributed by atoms with E-state index >= 15 is 0 Å². The second-order valence-electron chi connectivity index (χ2n) is 9.06. The van der Waals surface area contributed by atoms with E-state index in [0.717, 1.165) is 22.7 Å². The Kier molecular flexibility index (Phi) is 6.84. The van der Waals surface area contributed by atoms with Gasteiger partial charge in [0.05, 0.1) is 23.2 Å². The van der Waals surface area contributed by atoms with E-state index in [1.165, 1.54) is 13.0 Å². The lowest BCUT2D eigenvalue weighted by Gasteiger charge is -2.43. The van der Waals surface area contributed by atoms with Crippen LogP contribution in [-0.2, 0) is 22.0 Å². The van der Waals surface area contributed by atoms with E-state index in [4.69, 9.17) is 10.5 Å². The Labute approximate surface area is 201 Å². The number of rotatable bonds is 6. The molecule has 3 heterocycles. The quantitative estimate of drug-likeness (QED) is 0.588. The van der Waals surface area contributed by atoms with E-state index in [9.17, 15) is 26.0 Å². The van der Waals surface area contributed by atoms with Gasteiger partial charge in [-0.05, 0) is 19.1 Å². The van der Waals surface area contributed by atoms with Crippen molar-refractivity contribution in [3.63, 3.8) is 0 Å². The van der Waals surface area contributed by atoms with Crippen LogP contribution in [0.15, 0.2) is 18.2 Å². The number of nitrogen functional groups attached to an aromatic ring is 1. The zero-order chi connectivity index (χ0) is 25.5. The van der Waals surface area contributed by atoms with Crippen molar-refractivity contribution in [1.82, 2.24) is 14.3 Å². The molecule has 13 heteroatoms. The molecule has 2 aliphatic rings. The lowest BCUT2D eigenvalue weighted by molar-refractivity contribution is 0.0566. The normalized spacial score (nSPS) is 21.9. The summed E-state index contributed by atoms with van der Waals surface area (Å²) in [6.45, 7) is 2.36. The number of aromatic nitrogens is 2. The van der Waals surface area contributed by atoms with Gasteiger partial charge in [0, 0.05) is 51.4 Å². The first kappa shape index (κ1) is 25.4. The van der Waals surface area contributed by atoms with Crippen molar-refractivity contribution in [3.8, 4) is 5.75 Å². The Morgan fingerprint density at radius 1 is 1.20 bits per heavy atom. The van der Waals surface area contributed by atoms with E-state index in [2.05, 4.69) is 9.97 Å². The molecule has 1 fully saturated rings. The van der Waals surface area contributed by atoms with Crippen LogP contribution in [-0.4, -0.2) is 61.1 Å². The second-order valence-corrected chi connectivity index (χ2v) is 11.0. The van der Waals surface area contributed by atoms with Crippen LogP contribution in [0.1, 0.15) is 37.6 Å². The smallest absolute Gasteiger partial charge is 0.240 e. The monoisotopic (exact) mass is 517 g/mol. The highest BCUT2D eigenvalue weighted by Gasteiger charge is 2.47. The van der Waals surface area contributed by atoms with Crippen molar-refractivity contribution in [3.05, 3.63) is 41.2 Å². The van der Waals surface area contributed by atoms with E-state index in [1.807, 2.05) is 4.90 Å². The number of hydrogen-bond donors (Lipinski definition) is 1. The first-order valence-electron chi connectivity index (χ1n) is 11.2. The van der Waals surface area contributed by atoms with Crippen molar-refractivity contribution in [1.29, 1.82) is 0 Å². The molecule has 8 nitrogen and oxygen atoms in total. The lowest BCUT2D eigenvalue weighted by Crippen LogP contribution is -2.53. The Morgan fingerprint density at radius 3 is 2.49 bits per heavy atom. The Balaban J connectivity index is 1.54. The minimum absolute atomic E-state index is 0.00619. The molecule has 35 heavy (non-hydrogen) atoms. The van der Waals surface area contributed by atoms with Gasteiger partial charge in [-0.25, -0.2) is 35.9 Å². The van der Waals surface area contributed by atoms with Gasteiger partial charge >= 0.3 is 0 Å². The molecule has 4 rings (SSSR count). The molecule has 1 saturated heterocycles. The summed E-state index contributed by atoms with van der Waals surface area (Å²) < 4.78 is 85.3. The number of benzene rings is 1. The third kappa shape index (κ3) is 5.15. The highest BCUT2D eigenvalue weighted by atomic mass is 32.2. The minimum atomic E-state index is -3.78. The van der Waals surface area contributed by atoms with Crippen LogP contribution < -0.4 is 15.4 Å². The van der Waals surface area contributed by atoms with Crippen molar-refractivity contribution < 1.29 is 30.7 Å². The van der Waals surface area contributed by atoms with Crippen LogP contribution in [0.2, 0.25) is 0 Å². The summed E-state index contributed by atoms with van der Waals surface area (Å²) in [5.41, 5.74) is 5.19. The van der Waals surface area contributed by atoms with Gasteiger partial charge < -0.3 is 15.4 Å². The van der Waals surface area contributed by atoms with Crippen molar-refractivity contribution in [2.45, 2.75) is 50.7 Å². The fourth-order valence-corrected chi connectivity index (χ4v) is 6.17. The van der Waals surface area contributed by atoms with Gasteiger partial charge in [0.15, 0.2) is 23.2 Å². The van der Waals surface area contributed by atoms with E-state index in [0.29, 0.717) is 37.4 Å². The lowest BCUT2D eigenvalue weighted by atomic mass is 9.87. The first-order valence-corrected chi connectivity index (χ1v) is 13.0. The number of hydrogen-bond acceptors (Lipinski definition) is 7. The number of alkyl halides is 2. The Morgan fingerprint density at radius 2 is 1.89 bits per heavy atom. The summed E-state index contributed by atoms with van der Waals surface area (Å²) in [7, 11) is -3.78. The number of nitrogens with zero attached hydrogens (tertiary/aromatic N) is 4. The van der Waals surface area contributed by atoms with Crippen LogP contribution in [0, 0.1) is 11.6 Å². The van der Waals surface area contributed by atoms with Crippen LogP contribution >= 0.6 is 0 Å². The van der Waals surface area contributed by atoms with Gasteiger partial charge in [0.1, 0.15) is 11.9 Å². The molecular weight excluding hydrogens is 490 g/mol. The summed E-state index contributed by atoms with van der Waals surface area (Å²) in [6, 6.07) is 3.14. The Hall–Kier alpha value is -2.67. The number of fused-ring (bicyclic) bond motifs is 1. The topological polar surface area (TPSA) is 102 Å². The van der Waals surface area contributed by atoms with Gasteiger partial charge in [-0.2, -0.15) is 4.31 Å². The van der Waals surface area contributed by atoms with Gasteiger partial charge in [-0.3, -0.25) is 0 Å². The number of halogens is 4. The fraction of sp³-hybridized carbons (Fsp3) is 0.545. The molecule has 2 aliphatic heterocycles. The number of anilines is 2. The SMILES string of the molecule is CC1(CC(F)F)c2nc(N)c(N3CCC(Oc4ccc(F)cc4F)CC3)nc2CCN1S(C)(=O)=O. The van der Waals surface area contributed by atoms with Crippen LogP contribution in [0.5, 0.6) is 5.75 Å². The summed E-state index contributed by atoms with van der Waals surface area (Å²) >= 11 is 0. The van der Waals surface area contributed by atoms with Crippen LogP contribution in [0.4, 0.5) is 29.2 Å². The first-order chi connectivity index (χ1) is 16.4. The highest BCUT2D eigenvalue weighted by molar-refractivity contribution is 7.88. The molecule has 1 aromatic carbocycles. The van der Waals surface area contributed by atoms with Gasteiger partial charge in [0.25, 0.3) is 0 Å². The third-order valence-corrected chi connectivity index (χ3v) is 7.86. The standard InChI is InChI=1S/C22H27F4N5O3S/c1-22(12-18(25)26)19-16(7-10-31(22)35(2,32)33)28-21(20(27)29-19)30-8-5-14(6-9-30)34-17-4-3-13(23)11-15(17)24/h3-4,11,14,18H,5-10,12H2,1-2H3,(H2,27,29).